The predicted molar refractivity (Wildman–Crippen MR) is 112 cm³/mol. The van der Waals surface area contributed by atoms with Crippen molar-refractivity contribution >= 4 is 33.9 Å². The number of hydrogen-bond acceptors (Lipinski definition) is 4. The van der Waals surface area contributed by atoms with Crippen LogP contribution in [0.3, 0.4) is 0 Å². The predicted octanol–water partition coefficient (Wildman–Crippen LogP) is 4.38. The van der Waals surface area contributed by atoms with Crippen LogP contribution in [0.5, 0.6) is 0 Å². The van der Waals surface area contributed by atoms with Crippen molar-refractivity contribution in [2.45, 2.75) is 20.4 Å². The lowest BCUT2D eigenvalue weighted by molar-refractivity contribution is 0.0997. The number of imidazole rings is 1. The summed E-state index contributed by atoms with van der Waals surface area (Å²) in [6, 6.07) is 17.3. The van der Waals surface area contributed by atoms with Gasteiger partial charge in [-0.3, -0.25) is 10.1 Å². The van der Waals surface area contributed by atoms with E-state index in [9.17, 15) is 4.79 Å². The van der Waals surface area contributed by atoms with E-state index in [0.29, 0.717) is 11.5 Å². The minimum Gasteiger partial charge on any atom is -0.451 e. The largest absolute Gasteiger partial charge is 0.451 e. The zero-order valence-corrected chi connectivity index (χ0v) is 16.2. The molecule has 0 bridgehead atoms. The number of carbonyl (C=O) groups is 1. The lowest BCUT2D eigenvalue weighted by atomic mass is 10.2. The van der Waals surface area contributed by atoms with Crippen LogP contribution >= 0.6 is 0 Å². The van der Waals surface area contributed by atoms with Crippen molar-refractivity contribution in [3.63, 3.8) is 0 Å². The molecule has 28 heavy (non-hydrogen) atoms. The Balaban J connectivity index is 1.63. The second-order valence-electron chi connectivity index (χ2n) is 6.71. The molecule has 6 heteroatoms. The second kappa shape index (κ2) is 7.86. The summed E-state index contributed by atoms with van der Waals surface area (Å²) >= 11 is 0. The minimum atomic E-state index is -0.296. The summed E-state index contributed by atoms with van der Waals surface area (Å²) in [5.74, 6) is 0.526. The van der Waals surface area contributed by atoms with Crippen molar-refractivity contribution < 1.29 is 9.21 Å². The highest BCUT2D eigenvalue weighted by Gasteiger charge is 2.17. The summed E-state index contributed by atoms with van der Waals surface area (Å²) in [6.07, 6.45) is 0. The number of rotatable bonds is 7. The summed E-state index contributed by atoms with van der Waals surface area (Å²) in [4.78, 5) is 19.8. The average Bonchev–Trinajstić information content (AvgIpc) is 3.30. The number of aromatic nitrogens is 2. The van der Waals surface area contributed by atoms with Crippen LogP contribution in [0.25, 0.3) is 22.0 Å². The maximum atomic E-state index is 12.8. The number of anilines is 1. The number of benzene rings is 2. The van der Waals surface area contributed by atoms with E-state index in [1.807, 2.05) is 48.5 Å². The summed E-state index contributed by atoms with van der Waals surface area (Å²) in [7, 11) is 0. The highest BCUT2D eigenvalue weighted by molar-refractivity contribution is 6.04. The van der Waals surface area contributed by atoms with Crippen LogP contribution in [0.2, 0.25) is 0 Å². The smallest absolute Gasteiger partial charge is 0.293 e. The topological polar surface area (TPSA) is 63.3 Å². The molecule has 0 saturated heterocycles. The quantitative estimate of drug-likeness (QED) is 0.520. The number of amides is 1. The zero-order chi connectivity index (χ0) is 19.5. The van der Waals surface area contributed by atoms with E-state index >= 15 is 0 Å². The van der Waals surface area contributed by atoms with Crippen LogP contribution in [0.1, 0.15) is 24.4 Å². The van der Waals surface area contributed by atoms with Crippen LogP contribution in [-0.2, 0) is 6.54 Å². The van der Waals surface area contributed by atoms with E-state index < -0.39 is 0 Å². The molecular weight excluding hydrogens is 352 g/mol. The van der Waals surface area contributed by atoms with E-state index in [1.54, 1.807) is 6.07 Å². The standard InChI is InChI=1S/C22H24N4O2/c1-3-25(4-2)13-14-26-18-11-7-6-10-17(18)23-22(26)24-21(27)20-15-16-9-5-8-12-19(16)28-20/h5-12,15H,3-4,13-14H2,1-2H3,(H,23,24,27). The first-order valence-corrected chi connectivity index (χ1v) is 9.67. The molecule has 0 saturated carbocycles. The molecule has 144 valence electrons. The molecule has 2 heterocycles. The third-order valence-corrected chi connectivity index (χ3v) is 5.06. The number of hydrogen-bond donors (Lipinski definition) is 1. The molecule has 0 atom stereocenters. The van der Waals surface area contributed by atoms with Gasteiger partial charge in [0.15, 0.2) is 5.76 Å². The third-order valence-electron chi connectivity index (χ3n) is 5.06. The Bertz CT molecular complexity index is 1080. The fourth-order valence-corrected chi connectivity index (χ4v) is 3.44. The minimum absolute atomic E-state index is 0.281. The van der Waals surface area contributed by atoms with Crippen LogP contribution in [0.4, 0.5) is 5.95 Å². The fraction of sp³-hybridized carbons (Fsp3) is 0.273. The van der Waals surface area contributed by atoms with E-state index in [2.05, 4.69) is 33.6 Å². The highest BCUT2D eigenvalue weighted by atomic mass is 16.3. The SMILES string of the molecule is CCN(CC)CCn1c(NC(=O)c2cc3ccccc3o2)nc2ccccc21. The number of fused-ring (bicyclic) bond motifs is 2. The normalized spacial score (nSPS) is 11.5. The summed E-state index contributed by atoms with van der Waals surface area (Å²) in [5, 5.41) is 3.84. The Labute approximate surface area is 163 Å². The molecular formula is C22H24N4O2. The average molecular weight is 376 g/mol. The van der Waals surface area contributed by atoms with Crippen molar-refractivity contribution in [2.24, 2.45) is 0 Å². The number of nitrogens with zero attached hydrogens (tertiary/aromatic N) is 3. The number of carbonyl (C=O) groups excluding carboxylic acids is 1. The van der Waals surface area contributed by atoms with Crippen molar-refractivity contribution in [3.8, 4) is 0 Å². The maximum absolute atomic E-state index is 12.8. The lowest BCUT2D eigenvalue weighted by Gasteiger charge is -2.19. The van der Waals surface area contributed by atoms with Crippen LogP contribution < -0.4 is 5.32 Å². The summed E-state index contributed by atoms with van der Waals surface area (Å²) in [6.45, 7) is 7.92. The van der Waals surface area contributed by atoms with Crippen molar-refractivity contribution in [1.82, 2.24) is 14.5 Å². The molecule has 2 aromatic carbocycles. The van der Waals surface area contributed by atoms with E-state index in [-0.39, 0.29) is 11.7 Å². The molecule has 1 amide bonds. The van der Waals surface area contributed by atoms with Gasteiger partial charge in [-0.2, -0.15) is 0 Å². The van der Waals surface area contributed by atoms with Crippen molar-refractivity contribution in [1.29, 1.82) is 0 Å². The van der Waals surface area contributed by atoms with E-state index in [1.165, 1.54) is 0 Å². The van der Waals surface area contributed by atoms with Gasteiger partial charge in [0, 0.05) is 18.5 Å². The first-order chi connectivity index (χ1) is 13.7. The van der Waals surface area contributed by atoms with Crippen molar-refractivity contribution in [2.75, 3.05) is 25.0 Å². The molecule has 6 nitrogen and oxygen atoms in total. The van der Waals surface area contributed by atoms with Gasteiger partial charge in [0.05, 0.1) is 11.0 Å². The Hall–Kier alpha value is -3.12. The fourth-order valence-electron chi connectivity index (χ4n) is 3.44. The maximum Gasteiger partial charge on any atom is 0.293 e. The molecule has 4 rings (SSSR count). The number of nitrogens with one attached hydrogen (secondary N) is 1. The lowest BCUT2D eigenvalue weighted by Crippen LogP contribution is -2.27. The van der Waals surface area contributed by atoms with Crippen molar-refractivity contribution in [3.05, 3.63) is 60.4 Å². The Morgan fingerprint density at radius 2 is 1.86 bits per heavy atom. The molecule has 4 aromatic rings. The Morgan fingerprint density at radius 1 is 1.11 bits per heavy atom. The third kappa shape index (κ3) is 3.51. The van der Waals surface area contributed by atoms with Gasteiger partial charge >= 0.3 is 0 Å². The molecule has 0 unspecified atom stereocenters. The van der Waals surface area contributed by atoms with Gasteiger partial charge in [-0.1, -0.05) is 44.2 Å². The summed E-state index contributed by atoms with van der Waals surface area (Å²) < 4.78 is 7.76. The van der Waals surface area contributed by atoms with Gasteiger partial charge in [-0.15, -0.1) is 0 Å². The number of furan rings is 1. The van der Waals surface area contributed by atoms with Gasteiger partial charge in [-0.25, -0.2) is 4.98 Å². The first-order valence-electron chi connectivity index (χ1n) is 9.67. The van der Waals surface area contributed by atoms with Gasteiger partial charge in [0.2, 0.25) is 5.95 Å². The second-order valence-corrected chi connectivity index (χ2v) is 6.71. The molecule has 0 aliphatic heterocycles. The Kier molecular flexibility index (Phi) is 5.12. The van der Waals surface area contributed by atoms with Crippen LogP contribution in [0, 0.1) is 0 Å². The highest BCUT2D eigenvalue weighted by Crippen LogP contribution is 2.22. The molecule has 0 spiro atoms. The first kappa shape index (κ1) is 18.3. The monoisotopic (exact) mass is 376 g/mol. The van der Waals surface area contributed by atoms with Gasteiger partial charge in [0.1, 0.15) is 5.58 Å². The Morgan fingerprint density at radius 3 is 2.64 bits per heavy atom. The van der Waals surface area contributed by atoms with Crippen LogP contribution in [-0.4, -0.2) is 40.0 Å². The molecule has 0 fully saturated rings. The number of likely N-dealkylation sites (N-methyl/N-ethyl adjacent to an activating group) is 1. The molecule has 0 radical (unpaired) electrons. The zero-order valence-electron chi connectivity index (χ0n) is 16.2. The van der Waals surface area contributed by atoms with Gasteiger partial charge in [-0.05, 0) is 37.4 Å². The molecule has 2 aromatic heterocycles. The van der Waals surface area contributed by atoms with Crippen LogP contribution in [0.15, 0.2) is 59.0 Å². The molecule has 0 aliphatic rings. The summed E-state index contributed by atoms with van der Waals surface area (Å²) in [5.41, 5.74) is 2.57. The van der Waals surface area contributed by atoms with Gasteiger partial charge < -0.3 is 13.9 Å². The van der Waals surface area contributed by atoms with Gasteiger partial charge in [0.25, 0.3) is 5.91 Å². The molecule has 1 N–H and O–H groups in total. The number of para-hydroxylation sites is 3. The van der Waals surface area contributed by atoms with E-state index in [0.717, 1.165) is 42.6 Å². The van der Waals surface area contributed by atoms with E-state index in [4.69, 9.17) is 4.42 Å². The molecule has 0 aliphatic carbocycles.